The Morgan fingerprint density at radius 2 is 1.85 bits per heavy atom. The molecule has 0 atom stereocenters. The molecule has 7 nitrogen and oxygen atoms in total. The molecular formula is C17H14ClFN4O3S. The summed E-state index contributed by atoms with van der Waals surface area (Å²) in [6, 6.07) is 9.54. The van der Waals surface area contributed by atoms with E-state index in [4.69, 9.17) is 11.6 Å². The van der Waals surface area contributed by atoms with Gasteiger partial charge in [0.25, 0.3) is 5.56 Å². The Hall–Kier alpha value is -2.62. The molecular weight excluding hydrogens is 395 g/mol. The molecule has 10 heteroatoms. The summed E-state index contributed by atoms with van der Waals surface area (Å²) in [5, 5.41) is 3.94. The lowest BCUT2D eigenvalue weighted by Crippen LogP contribution is -2.32. The smallest absolute Gasteiger partial charge is 0.266 e. The van der Waals surface area contributed by atoms with E-state index < -0.39 is 15.8 Å². The van der Waals surface area contributed by atoms with Gasteiger partial charge in [0.15, 0.2) is 0 Å². The van der Waals surface area contributed by atoms with Crippen LogP contribution in [0.1, 0.15) is 0 Å². The number of benzene rings is 1. The van der Waals surface area contributed by atoms with Crippen molar-refractivity contribution in [2.45, 2.75) is 11.4 Å². The van der Waals surface area contributed by atoms with Crippen molar-refractivity contribution in [1.82, 2.24) is 19.5 Å². The quantitative estimate of drug-likeness (QED) is 0.674. The molecule has 0 bridgehead atoms. The van der Waals surface area contributed by atoms with Crippen LogP contribution in [0.4, 0.5) is 4.39 Å². The fraction of sp³-hybridized carbons (Fsp3) is 0.118. The van der Waals surface area contributed by atoms with Gasteiger partial charge in [-0.15, -0.1) is 0 Å². The van der Waals surface area contributed by atoms with Gasteiger partial charge in [-0.2, -0.15) is 5.10 Å². The molecule has 0 spiro atoms. The maximum absolute atomic E-state index is 13.2. The van der Waals surface area contributed by atoms with Gasteiger partial charge in [0, 0.05) is 30.6 Å². The van der Waals surface area contributed by atoms with Crippen molar-refractivity contribution in [2.75, 3.05) is 6.54 Å². The van der Waals surface area contributed by atoms with Gasteiger partial charge in [-0.25, -0.2) is 22.2 Å². The minimum Gasteiger partial charge on any atom is -0.268 e. The molecule has 27 heavy (non-hydrogen) atoms. The van der Waals surface area contributed by atoms with E-state index in [1.54, 1.807) is 30.6 Å². The first kappa shape index (κ1) is 19.2. The number of aromatic nitrogens is 3. The number of hydrogen-bond donors (Lipinski definition) is 1. The molecule has 0 amide bonds. The van der Waals surface area contributed by atoms with E-state index in [1.807, 2.05) is 0 Å². The molecule has 1 aromatic carbocycles. The first-order chi connectivity index (χ1) is 12.9. The van der Waals surface area contributed by atoms with Gasteiger partial charge in [0.2, 0.25) is 10.0 Å². The normalized spacial score (nSPS) is 11.5. The summed E-state index contributed by atoms with van der Waals surface area (Å²) < 4.78 is 41.2. The highest BCUT2D eigenvalue weighted by molar-refractivity contribution is 7.89. The number of sulfonamides is 1. The third kappa shape index (κ3) is 4.57. The van der Waals surface area contributed by atoms with Crippen LogP contribution in [0.15, 0.2) is 64.5 Å². The second-order valence-corrected chi connectivity index (χ2v) is 7.66. The van der Waals surface area contributed by atoms with Crippen LogP contribution in [0.2, 0.25) is 5.02 Å². The van der Waals surface area contributed by atoms with E-state index in [1.165, 1.54) is 6.07 Å². The molecule has 0 saturated carbocycles. The summed E-state index contributed by atoms with van der Waals surface area (Å²) in [4.78, 5) is 15.7. The van der Waals surface area contributed by atoms with Crippen molar-refractivity contribution in [3.05, 3.63) is 76.1 Å². The molecule has 0 aliphatic rings. The Morgan fingerprint density at radius 1 is 1.11 bits per heavy atom. The number of rotatable bonds is 6. The highest BCUT2D eigenvalue weighted by Crippen LogP contribution is 2.19. The second kappa shape index (κ2) is 7.95. The zero-order valence-corrected chi connectivity index (χ0v) is 15.4. The first-order valence-electron chi connectivity index (χ1n) is 7.80. The van der Waals surface area contributed by atoms with E-state index in [0.717, 1.165) is 28.4 Å². The van der Waals surface area contributed by atoms with Crippen LogP contribution in [0, 0.1) is 5.82 Å². The predicted octanol–water partition coefficient (Wildman–Crippen LogP) is 2.08. The number of hydrogen-bond acceptors (Lipinski definition) is 5. The zero-order chi connectivity index (χ0) is 19.4. The Kier molecular flexibility index (Phi) is 5.64. The Labute approximate surface area is 159 Å². The standard InChI is InChI=1S/C17H14ClFN4O3S/c18-14-11-13(1-2-15(14)19)27(25,26)21-9-10-23-17(24)4-3-16(22-23)12-5-7-20-8-6-12/h1-8,11,21H,9-10H2. The summed E-state index contributed by atoms with van der Waals surface area (Å²) in [6.07, 6.45) is 3.21. The van der Waals surface area contributed by atoms with Crippen molar-refractivity contribution in [2.24, 2.45) is 0 Å². The van der Waals surface area contributed by atoms with Crippen molar-refractivity contribution in [3.63, 3.8) is 0 Å². The van der Waals surface area contributed by atoms with E-state index in [0.29, 0.717) is 5.69 Å². The molecule has 3 rings (SSSR count). The van der Waals surface area contributed by atoms with Gasteiger partial charge in [0.05, 0.1) is 22.2 Å². The van der Waals surface area contributed by atoms with Gasteiger partial charge in [-0.1, -0.05) is 11.6 Å². The van der Waals surface area contributed by atoms with Crippen LogP contribution < -0.4 is 10.3 Å². The lowest BCUT2D eigenvalue weighted by molar-refractivity contribution is 0.548. The van der Waals surface area contributed by atoms with Gasteiger partial charge in [-0.05, 0) is 36.4 Å². The average Bonchev–Trinajstić information content (AvgIpc) is 2.66. The van der Waals surface area contributed by atoms with Gasteiger partial charge >= 0.3 is 0 Å². The number of halogens is 2. The molecule has 0 unspecified atom stereocenters. The summed E-state index contributed by atoms with van der Waals surface area (Å²) in [5.41, 5.74) is 0.974. The fourth-order valence-electron chi connectivity index (χ4n) is 2.30. The minimum atomic E-state index is -3.90. The van der Waals surface area contributed by atoms with Crippen molar-refractivity contribution < 1.29 is 12.8 Å². The summed E-state index contributed by atoms with van der Waals surface area (Å²) >= 11 is 5.62. The molecule has 2 heterocycles. The highest BCUT2D eigenvalue weighted by Gasteiger charge is 2.15. The lowest BCUT2D eigenvalue weighted by atomic mass is 10.2. The van der Waals surface area contributed by atoms with Gasteiger partial charge < -0.3 is 0 Å². The van der Waals surface area contributed by atoms with Gasteiger partial charge in [0.1, 0.15) is 5.82 Å². The van der Waals surface area contributed by atoms with E-state index >= 15 is 0 Å². The molecule has 140 valence electrons. The number of nitrogens with one attached hydrogen (secondary N) is 1. The second-order valence-electron chi connectivity index (χ2n) is 5.49. The Bertz CT molecular complexity index is 1120. The van der Waals surface area contributed by atoms with Crippen LogP contribution in [0.25, 0.3) is 11.3 Å². The first-order valence-corrected chi connectivity index (χ1v) is 9.66. The Balaban J connectivity index is 1.73. The predicted molar refractivity (Wildman–Crippen MR) is 98.3 cm³/mol. The van der Waals surface area contributed by atoms with Gasteiger partial charge in [-0.3, -0.25) is 9.78 Å². The largest absolute Gasteiger partial charge is 0.268 e. The van der Waals surface area contributed by atoms with Crippen molar-refractivity contribution in [3.8, 4) is 11.3 Å². The van der Waals surface area contributed by atoms with Crippen LogP contribution in [-0.4, -0.2) is 29.7 Å². The highest BCUT2D eigenvalue weighted by atomic mass is 35.5. The summed E-state index contributed by atoms with van der Waals surface area (Å²) in [6.45, 7) is -0.0596. The van der Waals surface area contributed by atoms with E-state index in [2.05, 4.69) is 14.8 Å². The molecule has 0 fully saturated rings. The van der Waals surface area contributed by atoms with Crippen LogP contribution >= 0.6 is 11.6 Å². The number of pyridine rings is 1. The summed E-state index contributed by atoms with van der Waals surface area (Å²) in [7, 11) is -3.90. The third-order valence-electron chi connectivity index (χ3n) is 3.66. The average molecular weight is 409 g/mol. The van der Waals surface area contributed by atoms with Crippen molar-refractivity contribution >= 4 is 21.6 Å². The summed E-state index contributed by atoms with van der Waals surface area (Å²) in [5.74, 6) is -0.709. The maximum atomic E-state index is 13.2. The molecule has 3 aromatic rings. The minimum absolute atomic E-state index is 0.0198. The molecule has 0 saturated heterocycles. The zero-order valence-electron chi connectivity index (χ0n) is 13.8. The molecule has 0 radical (unpaired) electrons. The molecule has 2 aromatic heterocycles. The van der Waals surface area contributed by atoms with E-state index in [9.17, 15) is 17.6 Å². The van der Waals surface area contributed by atoms with Crippen LogP contribution in [0.5, 0.6) is 0 Å². The topological polar surface area (TPSA) is 93.9 Å². The molecule has 1 N–H and O–H groups in total. The molecule has 0 aliphatic heterocycles. The molecule has 0 aliphatic carbocycles. The number of nitrogens with zero attached hydrogens (tertiary/aromatic N) is 3. The van der Waals surface area contributed by atoms with Crippen LogP contribution in [-0.2, 0) is 16.6 Å². The fourth-order valence-corrected chi connectivity index (χ4v) is 3.59. The van der Waals surface area contributed by atoms with Crippen molar-refractivity contribution in [1.29, 1.82) is 0 Å². The van der Waals surface area contributed by atoms with E-state index in [-0.39, 0.29) is 28.6 Å². The monoisotopic (exact) mass is 408 g/mol. The SMILES string of the molecule is O=c1ccc(-c2ccncc2)nn1CCNS(=O)(=O)c1ccc(F)c(Cl)c1. The Morgan fingerprint density at radius 3 is 2.56 bits per heavy atom. The van der Waals surface area contributed by atoms with Crippen LogP contribution in [0.3, 0.4) is 0 Å². The maximum Gasteiger partial charge on any atom is 0.266 e. The lowest BCUT2D eigenvalue weighted by Gasteiger charge is -2.09. The third-order valence-corrected chi connectivity index (χ3v) is 5.41.